The monoisotopic (exact) mass is 491 g/mol. The van der Waals surface area contributed by atoms with E-state index in [1.807, 2.05) is 0 Å². The number of thioether (sulfide) groups is 1. The molecule has 0 bridgehead atoms. The third kappa shape index (κ3) is 7.38. The van der Waals surface area contributed by atoms with E-state index >= 15 is 0 Å². The topological polar surface area (TPSA) is 120 Å². The summed E-state index contributed by atoms with van der Waals surface area (Å²) in [5.41, 5.74) is 6.76. The molecule has 0 aliphatic heterocycles. The number of rotatable bonds is 10. The van der Waals surface area contributed by atoms with Crippen molar-refractivity contribution in [1.29, 1.82) is 0 Å². The third-order valence-corrected chi connectivity index (χ3v) is 5.74. The summed E-state index contributed by atoms with van der Waals surface area (Å²) >= 11 is 1.26. The van der Waals surface area contributed by atoms with Crippen molar-refractivity contribution in [3.63, 3.8) is 0 Å². The van der Waals surface area contributed by atoms with Crippen molar-refractivity contribution in [3.05, 3.63) is 89.6 Å². The number of ether oxygens (including phenoxy) is 2. The van der Waals surface area contributed by atoms with Crippen LogP contribution in [0.25, 0.3) is 6.08 Å². The van der Waals surface area contributed by atoms with Gasteiger partial charge in [0.1, 0.15) is 5.70 Å². The summed E-state index contributed by atoms with van der Waals surface area (Å²) in [6.07, 6.45) is 1.55. The van der Waals surface area contributed by atoms with E-state index in [9.17, 15) is 14.4 Å². The molecule has 0 fully saturated rings. The standard InChI is InChI=1S/C26H25N3O5S/c1-33-22-12-11-17(14-23(22)34-2)13-21(29-25(31)18-7-4-3-5-8-18)26(32)28-19-9-6-10-20(15-19)35-16-24(27)30/h3-15H,16H2,1-2H3,(H2,27,30)(H,28,32)(H,29,31)/b21-13+. The number of anilines is 1. The molecule has 0 aliphatic carbocycles. The molecule has 3 aromatic rings. The van der Waals surface area contributed by atoms with Crippen LogP contribution in [0.15, 0.2) is 83.4 Å². The summed E-state index contributed by atoms with van der Waals surface area (Å²) < 4.78 is 10.6. The quantitative estimate of drug-likeness (QED) is 0.294. The number of nitrogens with two attached hydrogens (primary N) is 1. The van der Waals surface area contributed by atoms with Gasteiger partial charge in [-0.25, -0.2) is 0 Å². The van der Waals surface area contributed by atoms with Crippen LogP contribution in [0.1, 0.15) is 15.9 Å². The molecule has 4 N–H and O–H groups in total. The molecule has 3 rings (SSSR count). The largest absolute Gasteiger partial charge is 0.493 e. The minimum atomic E-state index is -0.527. The van der Waals surface area contributed by atoms with Gasteiger partial charge in [-0.2, -0.15) is 0 Å². The maximum atomic E-state index is 13.2. The number of carbonyl (C=O) groups excluding carboxylic acids is 3. The van der Waals surface area contributed by atoms with Gasteiger partial charge in [-0.05, 0) is 54.1 Å². The number of hydrogen-bond acceptors (Lipinski definition) is 6. The molecular weight excluding hydrogens is 466 g/mol. The van der Waals surface area contributed by atoms with Crippen molar-refractivity contribution in [3.8, 4) is 11.5 Å². The zero-order valence-corrected chi connectivity index (χ0v) is 20.1. The molecule has 0 unspecified atom stereocenters. The molecule has 0 spiro atoms. The normalized spacial score (nSPS) is 10.9. The fraction of sp³-hybridized carbons (Fsp3) is 0.115. The van der Waals surface area contributed by atoms with Crippen LogP contribution in [0.4, 0.5) is 5.69 Å². The van der Waals surface area contributed by atoms with E-state index < -0.39 is 17.7 Å². The Morgan fingerprint density at radius 1 is 0.914 bits per heavy atom. The predicted octanol–water partition coefficient (Wildman–Crippen LogP) is 3.69. The minimum absolute atomic E-state index is 0.0289. The molecule has 3 aromatic carbocycles. The summed E-state index contributed by atoms with van der Waals surface area (Å²) in [5, 5.41) is 5.49. The van der Waals surface area contributed by atoms with Crippen LogP contribution in [-0.4, -0.2) is 37.7 Å². The van der Waals surface area contributed by atoms with E-state index in [0.29, 0.717) is 28.3 Å². The number of primary amides is 1. The molecule has 35 heavy (non-hydrogen) atoms. The van der Waals surface area contributed by atoms with Crippen LogP contribution in [0, 0.1) is 0 Å². The van der Waals surface area contributed by atoms with E-state index in [1.54, 1.807) is 78.9 Å². The fourth-order valence-corrected chi connectivity index (χ4v) is 3.76. The first-order valence-corrected chi connectivity index (χ1v) is 11.5. The van der Waals surface area contributed by atoms with Gasteiger partial charge in [0.05, 0.1) is 20.0 Å². The molecule has 0 saturated heterocycles. The van der Waals surface area contributed by atoms with E-state index in [1.165, 1.54) is 26.0 Å². The second kappa shape index (κ2) is 12.3. The summed E-state index contributed by atoms with van der Waals surface area (Å²) in [5.74, 6) is -0.258. The molecule has 0 atom stereocenters. The molecule has 180 valence electrons. The maximum absolute atomic E-state index is 13.2. The van der Waals surface area contributed by atoms with Crippen molar-refractivity contribution in [2.24, 2.45) is 5.73 Å². The lowest BCUT2D eigenvalue weighted by Crippen LogP contribution is -2.30. The van der Waals surface area contributed by atoms with Crippen molar-refractivity contribution < 1.29 is 23.9 Å². The number of hydrogen-bond donors (Lipinski definition) is 3. The fourth-order valence-electron chi connectivity index (χ4n) is 3.07. The molecule has 9 heteroatoms. The summed E-state index contributed by atoms with van der Waals surface area (Å²) in [7, 11) is 3.04. The molecule has 0 aliphatic rings. The number of amides is 3. The van der Waals surface area contributed by atoms with Crippen LogP contribution in [0.5, 0.6) is 11.5 Å². The lowest BCUT2D eigenvalue weighted by atomic mass is 10.1. The number of benzene rings is 3. The molecule has 8 nitrogen and oxygen atoms in total. The first kappa shape index (κ1) is 25.4. The average Bonchev–Trinajstić information content (AvgIpc) is 2.87. The van der Waals surface area contributed by atoms with Gasteiger partial charge >= 0.3 is 0 Å². The summed E-state index contributed by atoms with van der Waals surface area (Å²) in [6, 6.07) is 20.7. The van der Waals surface area contributed by atoms with Gasteiger partial charge in [0, 0.05) is 16.1 Å². The number of nitrogens with one attached hydrogen (secondary N) is 2. The molecular formula is C26H25N3O5S. The average molecular weight is 492 g/mol. The highest BCUT2D eigenvalue weighted by Crippen LogP contribution is 2.28. The molecule has 0 saturated carbocycles. The van der Waals surface area contributed by atoms with E-state index in [2.05, 4.69) is 10.6 Å². The lowest BCUT2D eigenvalue weighted by molar-refractivity contribution is -0.115. The highest BCUT2D eigenvalue weighted by molar-refractivity contribution is 8.00. The number of methoxy groups -OCH3 is 2. The molecule has 3 amide bonds. The van der Waals surface area contributed by atoms with Crippen LogP contribution >= 0.6 is 11.8 Å². The van der Waals surface area contributed by atoms with Gasteiger partial charge in [-0.15, -0.1) is 11.8 Å². The zero-order valence-electron chi connectivity index (χ0n) is 19.2. The van der Waals surface area contributed by atoms with Gasteiger partial charge < -0.3 is 25.8 Å². The van der Waals surface area contributed by atoms with E-state index in [-0.39, 0.29) is 11.4 Å². The molecule has 0 radical (unpaired) electrons. The lowest BCUT2D eigenvalue weighted by Gasteiger charge is -2.13. The Labute approximate surface area is 207 Å². The Morgan fingerprint density at radius 2 is 1.66 bits per heavy atom. The van der Waals surface area contributed by atoms with Crippen LogP contribution in [0.3, 0.4) is 0 Å². The second-order valence-electron chi connectivity index (χ2n) is 7.23. The van der Waals surface area contributed by atoms with Gasteiger partial charge in [0.15, 0.2) is 11.5 Å². The van der Waals surface area contributed by atoms with Crippen LogP contribution in [0.2, 0.25) is 0 Å². The summed E-state index contributed by atoms with van der Waals surface area (Å²) in [4.78, 5) is 37.8. The van der Waals surface area contributed by atoms with Crippen molar-refractivity contribution in [2.45, 2.75) is 4.90 Å². The van der Waals surface area contributed by atoms with Gasteiger partial charge in [0.25, 0.3) is 11.8 Å². The Bertz CT molecular complexity index is 1240. The maximum Gasteiger partial charge on any atom is 0.272 e. The van der Waals surface area contributed by atoms with Crippen molar-refractivity contribution in [2.75, 3.05) is 25.3 Å². The van der Waals surface area contributed by atoms with Crippen LogP contribution in [-0.2, 0) is 9.59 Å². The van der Waals surface area contributed by atoms with Crippen LogP contribution < -0.4 is 25.8 Å². The van der Waals surface area contributed by atoms with Gasteiger partial charge in [-0.1, -0.05) is 30.3 Å². The second-order valence-corrected chi connectivity index (χ2v) is 8.28. The third-order valence-electron chi connectivity index (χ3n) is 4.72. The Hall–Kier alpha value is -4.24. The van der Waals surface area contributed by atoms with Crippen molar-refractivity contribution >= 4 is 41.2 Å². The van der Waals surface area contributed by atoms with Crippen molar-refractivity contribution in [1.82, 2.24) is 5.32 Å². The van der Waals surface area contributed by atoms with Gasteiger partial charge in [-0.3, -0.25) is 14.4 Å². The summed E-state index contributed by atoms with van der Waals surface area (Å²) in [6.45, 7) is 0. The van der Waals surface area contributed by atoms with Gasteiger partial charge in [0.2, 0.25) is 5.91 Å². The Morgan fingerprint density at radius 3 is 2.34 bits per heavy atom. The smallest absolute Gasteiger partial charge is 0.272 e. The van der Waals surface area contributed by atoms with E-state index in [4.69, 9.17) is 15.2 Å². The van der Waals surface area contributed by atoms with E-state index in [0.717, 1.165) is 4.90 Å². The zero-order chi connectivity index (χ0) is 25.2. The molecule has 0 heterocycles. The Kier molecular flexibility index (Phi) is 8.91. The minimum Gasteiger partial charge on any atom is -0.493 e. The highest BCUT2D eigenvalue weighted by atomic mass is 32.2. The Balaban J connectivity index is 1.89. The molecule has 0 aromatic heterocycles. The highest BCUT2D eigenvalue weighted by Gasteiger charge is 2.16. The predicted molar refractivity (Wildman–Crippen MR) is 136 cm³/mol. The first-order valence-electron chi connectivity index (χ1n) is 10.5. The SMILES string of the molecule is COc1ccc(/C=C(/NC(=O)c2ccccc2)C(=O)Nc2cccc(SCC(N)=O)c2)cc1OC. The first-order chi connectivity index (χ1) is 16.9. The number of carbonyl (C=O) groups is 3.